The number of thiazole rings is 1. The molecule has 0 aliphatic rings. The van der Waals surface area contributed by atoms with E-state index in [1.807, 2.05) is 6.20 Å². The van der Waals surface area contributed by atoms with E-state index in [-0.39, 0.29) is 5.41 Å². The summed E-state index contributed by atoms with van der Waals surface area (Å²) < 4.78 is 0. The zero-order valence-electron chi connectivity index (χ0n) is 13.7. The minimum atomic E-state index is 0.217. The van der Waals surface area contributed by atoms with Gasteiger partial charge >= 0.3 is 0 Å². The van der Waals surface area contributed by atoms with E-state index >= 15 is 0 Å². The van der Waals surface area contributed by atoms with Crippen molar-refractivity contribution < 1.29 is 0 Å². The van der Waals surface area contributed by atoms with Crippen LogP contribution in [0.3, 0.4) is 0 Å². The first-order valence-electron chi connectivity index (χ1n) is 7.65. The molecule has 0 fully saturated rings. The van der Waals surface area contributed by atoms with Crippen LogP contribution in [0.1, 0.15) is 54.7 Å². The molecule has 3 heteroatoms. The van der Waals surface area contributed by atoms with Crippen molar-refractivity contribution in [1.29, 1.82) is 0 Å². The number of aromatic nitrogens is 1. The minimum Gasteiger partial charge on any atom is -0.309 e. The molecule has 0 spiro atoms. The van der Waals surface area contributed by atoms with Crippen molar-refractivity contribution in [2.75, 3.05) is 6.54 Å². The number of hydrogen-bond acceptors (Lipinski definition) is 3. The van der Waals surface area contributed by atoms with Crippen LogP contribution in [0.4, 0.5) is 0 Å². The van der Waals surface area contributed by atoms with E-state index in [2.05, 4.69) is 69.2 Å². The third kappa shape index (κ3) is 4.39. The van der Waals surface area contributed by atoms with Crippen LogP contribution < -0.4 is 5.32 Å². The summed E-state index contributed by atoms with van der Waals surface area (Å²) in [4.78, 5) is 5.71. The Kier molecular flexibility index (Phi) is 5.17. The molecular weight excluding hydrogens is 276 g/mol. The second kappa shape index (κ2) is 6.71. The Hall–Kier alpha value is -1.19. The highest BCUT2D eigenvalue weighted by Crippen LogP contribution is 2.26. The average Bonchev–Trinajstić information content (AvgIpc) is 2.84. The predicted octanol–water partition coefficient (Wildman–Crippen LogP) is 4.64. The number of aryl methyl sites for hydroxylation is 1. The first-order chi connectivity index (χ1) is 9.90. The van der Waals surface area contributed by atoms with E-state index < -0.39 is 0 Å². The van der Waals surface area contributed by atoms with Crippen molar-refractivity contribution >= 4 is 11.3 Å². The zero-order valence-corrected chi connectivity index (χ0v) is 14.6. The largest absolute Gasteiger partial charge is 0.309 e. The van der Waals surface area contributed by atoms with Crippen LogP contribution in [-0.4, -0.2) is 11.5 Å². The molecule has 1 aromatic heterocycles. The maximum Gasteiger partial charge on any atom is 0.0897 e. The van der Waals surface area contributed by atoms with Gasteiger partial charge in [0.15, 0.2) is 0 Å². The summed E-state index contributed by atoms with van der Waals surface area (Å²) in [6.07, 6.45) is 3.02. The summed E-state index contributed by atoms with van der Waals surface area (Å²) in [5, 5.41) is 4.71. The quantitative estimate of drug-likeness (QED) is 0.870. The molecule has 0 amide bonds. The van der Waals surface area contributed by atoms with Crippen molar-refractivity contribution in [3.05, 3.63) is 51.5 Å². The van der Waals surface area contributed by atoms with E-state index in [1.54, 1.807) is 11.3 Å². The molecule has 21 heavy (non-hydrogen) atoms. The Morgan fingerprint density at radius 2 is 1.86 bits per heavy atom. The van der Waals surface area contributed by atoms with Gasteiger partial charge in [0, 0.05) is 17.1 Å². The molecule has 0 saturated carbocycles. The highest BCUT2D eigenvalue weighted by molar-refractivity contribution is 7.11. The highest BCUT2D eigenvalue weighted by Gasteiger charge is 2.16. The Morgan fingerprint density at radius 1 is 1.19 bits per heavy atom. The van der Waals surface area contributed by atoms with Gasteiger partial charge in [-0.15, -0.1) is 11.3 Å². The molecule has 1 atom stereocenters. The Bertz CT molecular complexity index is 564. The highest BCUT2D eigenvalue weighted by atomic mass is 32.1. The van der Waals surface area contributed by atoms with Crippen molar-refractivity contribution in [1.82, 2.24) is 10.3 Å². The number of benzene rings is 1. The lowest BCUT2D eigenvalue weighted by atomic mass is 9.86. The molecular formula is C18H26N2S. The van der Waals surface area contributed by atoms with Gasteiger partial charge in [0.25, 0.3) is 0 Å². The van der Waals surface area contributed by atoms with Crippen molar-refractivity contribution in [2.45, 2.75) is 52.5 Å². The molecule has 0 aliphatic carbocycles. The standard InChI is InChI=1S/C18H26N2S/c1-6-19-16(17-12-20-13(2)21-17)11-14-7-9-15(10-8-14)18(3,4)5/h7-10,12,16,19H,6,11H2,1-5H3. The zero-order chi connectivity index (χ0) is 15.5. The summed E-state index contributed by atoms with van der Waals surface area (Å²) in [7, 11) is 0. The average molecular weight is 302 g/mol. The third-order valence-corrected chi connectivity index (χ3v) is 4.72. The fraction of sp³-hybridized carbons (Fsp3) is 0.500. The number of hydrogen-bond donors (Lipinski definition) is 1. The molecule has 2 nitrogen and oxygen atoms in total. The van der Waals surface area contributed by atoms with Crippen molar-refractivity contribution in [3.63, 3.8) is 0 Å². The van der Waals surface area contributed by atoms with Gasteiger partial charge in [-0.1, -0.05) is 52.0 Å². The van der Waals surface area contributed by atoms with Crippen LogP contribution in [0, 0.1) is 6.92 Å². The maximum atomic E-state index is 4.39. The molecule has 2 aromatic rings. The van der Waals surface area contributed by atoms with Crippen LogP contribution in [0.2, 0.25) is 0 Å². The summed E-state index contributed by atoms with van der Waals surface area (Å²) >= 11 is 1.79. The second-order valence-corrected chi connectivity index (χ2v) is 7.81. The van der Waals surface area contributed by atoms with Crippen LogP contribution in [0.15, 0.2) is 30.5 Å². The van der Waals surface area contributed by atoms with Crippen molar-refractivity contribution in [2.24, 2.45) is 0 Å². The van der Waals surface area contributed by atoms with Gasteiger partial charge in [-0.25, -0.2) is 4.98 Å². The molecule has 0 radical (unpaired) electrons. The van der Waals surface area contributed by atoms with Crippen LogP contribution in [0.5, 0.6) is 0 Å². The molecule has 1 aromatic carbocycles. The monoisotopic (exact) mass is 302 g/mol. The smallest absolute Gasteiger partial charge is 0.0897 e. The summed E-state index contributed by atoms with van der Waals surface area (Å²) in [5.74, 6) is 0. The van der Waals surface area contributed by atoms with Gasteiger partial charge in [0.2, 0.25) is 0 Å². The van der Waals surface area contributed by atoms with E-state index in [4.69, 9.17) is 0 Å². The fourth-order valence-corrected chi connectivity index (χ4v) is 3.30. The van der Waals surface area contributed by atoms with Gasteiger partial charge in [0.1, 0.15) is 0 Å². The molecule has 1 heterocycles. The molecule has 0 aliphatic heterocycles. The minimum absolute atomic E-state index is 0.217. The normalized spacial score (nSPS) is 13.4. The van der Waals surface area contributed by atoms with E-state index in [0.29, 0.717) is 6.04 Å². The predicted molar refractivity (Wildman–Crippen MR) is 92.1 cm³/mol. The van der Waals surface area contributed by atoms with E-state index in [0.717, 1.165) is 18.0 Å². The van der Waals surface area contributed by atoms with E-state index in [9.17, 15) is 0 Å². The summed E-state index contributed by atoms with van der Waals surface area (Å²) in [6.45, 7) is 12.0. The number of rotatable bonds is 5. The SMILES string of the molecule is CCNC(Cc1ccc(C(C)(C)C)cc1)c1cnc(C)s1. The third-order valence-electron chi connectivity index (χ3n) is 3.69. The molecule has 0 bridgehead atoms. The maximum absolute atomic E-state index is 4.39. The van der Waals surface area contributed by atoms with Gasteiger partial charge in [-0.3, -0.25) is 0 Å². The lowest BCUT2D eigenvalue weighted by Gasteiger charge is -2.20. The molecule has 2 rings (SSSR count). The lowest BCUT2D eigenvalue weighted by molar-refractivity contribution is 0.556. The summed E-state index contributed by atoms with van der Waals surface area (Å²) in [5.41, 5.74) is 2.98. The van der Waals surface area contributed by atoms with Crippen LogP contribution >= 0.6 is 11.3 Å². The van der Waals surface area contributed by atoms with Gasteiger partial charge in [-0.2, -0.15) is 0 Å². The summed E-state index contributed by atoms with van der Waals surface area (Å²) in [6, 6.07) is 9.41. The number of nitrogens with one attached hydrogen (secondary N) is 1. The topological polar surface area (TPSA) is 24.9 Å². The Balaban J connectivity index is 2.14. The first-order valence-corrected chi connectivity index (χ1v) is 8.47. The first kappa shape index (κ1) is 16.2. The van der Waals surface area contributed by atoms with Gasteiger partial charge in [-0.05, 0) is 36.4 Å². The van der Waals surface area contributed by atoms with Gasteiger partial charge < -0.3 is 5.32 Å². The molecule has 0 saturated heterocycles. The Labute approximate surface area is 132 Å². The van der Waals surface area contributed by atoms with Crippen LogP contribution in [0.25, 0.3) is 0 Å². The molecule has 114 valence electrons. The molecule has 1 N–H and O–H groups in total. The van der Waals surface area contributed by atoms with E-state index in [1.165, 1.54) is 16.0 Å². The van der Waals surface area contributed by atoms with Crippen LogP contribution in [-0.2, 0) is 11.8 Å². The lowest BCUT2D eigenvalue weighted by Crippen LogP contribution is -2.22. The second-order valence-electron chi connectivity index (χ2n) is 6.54. The van der Waals surface area contributed by atoms with Gasteiger partial charge in [0.05, 0.1) is 5.01 Å². The molecule has 1 unspecified atom stereocenters. The van der Waals surface area contributed by atoms with Crippen molar-refractivity contribution in [3.8, 4) is 0 Å². The number of nitrogens with zero attached hydrogens (tertiary/aromatic N) is 1. The Morgan fingerprint density at radius 3 is 2.33 bits per heavy atom. The number of likely N-dealkylation sites (N-methyl/N-ethyl adjacent to an activating group) is 1. The fourth-order valence-electron chi connectivity index (χ4n) is 2.44.